The summed E-state index contributed by atoms with van der Waals surface area (Å²) >= 11 is 2.00. The molecule has 0 aromatic carbocycles. The van der Waals surface area contributed by atoms with Crippen LogP contribution in [0.5, 0.6) is 0 Å². The van der Waals surface area contributed by atoms with Gasteiger partial charge in [0, 0.05) is 50.1 Å². The highest BCUT2D eigenvalue weighted by Gasteiger charge is 2.11. The first kappa shape index (κ1) is 13.8. The fourth-order valence-corrected chi connectivity index (χ4v) is 2.61. The van der Waals surface area contributed by atoms with E-state index in [-0.39, 0.29) is 11.9 Å². The number of hydrogen-bond donors (Lipinski definition) is 2. The summed E-state index contributed by atoms with van der Waals surface area (Å²) < 4.78 is 0. The number of rotatable bonds is 6. The average molecular weight is 245 g/mol. The Labute approximate surface area is 102 Å². The van der Waals surface area contributed by atoms with Crippen LogP contribution in [0.25, 0.3) is 0 Å². The normalized spacial score (nSPS) is 19.4. The number of nitrogens with one attached hydrogen (secondary N) is 1. The van der Waals surface area contributed by atoms with Crippen LogP contribution in [0.1, 0.15) is 19.8 Å². The Morgan fingerprint density at radius 3 is 2.81 bits per heavy atom. The van der Waals surface area contributed by atoms with Gasteiger partial charge in [0.05, 0.1) is 0 Å². The molecule has 1 fully saturated rings. The summed E-state index contributed by atoms with van der Waals surface area (Å²) in [6.45, 7) is 6.01. The van der Waals surface area contributed by atoms with E-state index < -0.39 is 0 Å². The molecule has 4 nitrogen and oxygen atoms in total. The Morgan fingerprint density at radius 1 is 1.50 bits per heavy atom. The molecule has 0 spiro atoms. The molecule has 1 aliphatic heterocycles. The molecule has 3 N–H and O–H groups in total. The van der Waals surface area contributed by atoms with Crippen molar-refractivity contribution in [3.8, 4) is 0 Å². The van der Waals surface area contributed by atoms with Gasteiger partial charge in [-0.05, 0) is 6.42 Å². The van der Waals surface area contributed by atoms with Crippen molar-refractivity contribution < 1.29 is 4.79 Å². The lowest BCUT2D eigenvalue weighted by molar-refractivity contribution is -0.121. The second kappa shape index (κ2) is 7.92. The van der Waals surface area contributed by atoms with Gasteiger partial charge in [0.1, 0.15) is 0 Å². The van der Waals surface area contributed by atoms with Crippen LogP contribution in [0.4, 0.5) is 0 Å². The number of thioether (sulfide) groups is 1. The lowest BCUT2D eigenvalue weighted by Gasteiger charge is -2.26. The second-order valence-corrected chi connectivity index (χ2v) is 5.40. The SMILES string of the molecule is CCC(N)CC(=O)NCCN1CCSCC1. The number of hydrogen-bond acceptors (Lipinski definition) is 4. The fraction of sp³-hybridized carbons (Fsp3) is 0.909. The first-order valence-corrected chi connectivity index (χ1v) is 7.20. The number of carbonyl (C=O) groups excluding carboxylic acids is 1. The molecule has 1 atom stereocenters. The highest BCUT2D eigenvalue weighted by atomic mass is 32.2. The zero-order valence-electron chi connectivity index (χ0n) is 10.1. The minimum Gasteiger partial charge on any atom is -0.355 e. The first-order valence-electron chi connectivity index (χ1n) is 6.04. The predicted molar refractivity (Wildman–Crippen MR) is 69.7 cm³/mol. The fourth-order valence-electron chi connectivity index (χ4n) is 1.63. The van der Waals surface area contributed by atoms with Crippen molar-refractivity contribution in [3.63, 3.8) is 0 Å². The highest BCUT2D eigenvalue weighted by molar-refractivity contribution is 7.99. The Balaban J connectivity index is 2.03. The zero-order valence-corrected chi connectivity index (χ0v) is 10.9. The van der Waals surface area contributed by atoms with E-state index in [4.69, 9.17) is 5.73 Å². The molecule has 0 aliphatic carbocycles. The average Bonchev–Trinajstić information content (AvgIpc) is 2.30. The minimum absolute atomic E-state index is 0.00591. The van der Waals surface area contributed by atoms with Crippen molar-refractivity contribution in [2.24, 2.45) is 5.73 Å². The number of amides is 1. The summed E-state index contributed by atoms with van der Waals surface area (Å²) in [4.78, 5) is 13.8. The summed E-state index contributed by atoms with van der Waals surface area (Å²) in [5.74, 6) is 2.52. The maximum atomic E-state index is 11.4. The molecule has 0 radical (unpaired) electrons. The van der Waals surface area contributed by atoms with E-state index in [9.17, 15) is 4.79 Å². The van der Waals surface area contributed by atoms with E-state index in [1.54, 1.807) is 0 Å². The van der Waals surface area contributed by atoms with Gasteiger partial charge in [-0.25, -0.2) is 0 Å². The molecule has 94 valence electrons. The van der Waals surface area contributed by atoms with E-state index in [0.717, 1.165) is 32.6 Å². The Morgan fingerprint density at radius 2 is 2.19 bits per heavy atom. The molecule has 1 aliphatic rings. The van der Waals surface area contributed by atoms with Gasteiger partial charge in [0.15, 0.2) is 0 Å². The smallest absolute Gasteiger partial charge is 0.221 e. The van der Waals surface area contributed by atoms with Crippen molar-refractivity contribution in [2.75, 3.05) is 37.7 Å². The van der Waals surface area contributed by atoms with Crippen LogP contribution in [0, 0.1) is 0 Å². The van der Waals surface area contributed by atoms with Gasteiger partial charge < -0.3 is 11.1 Å². The number of carbonyl (C=O) groups is 1. The van der Waals surface area contributed by atoms with Crippen LogP contribution in [0.15, 0.2) is 0 Å². The molecule has 16 heavy (non-hydrogen) atoms. The lowest BCUT2D eigenvalue weighted by atomic mass is 10.1. The van der Waals surface area contributed by atoms with Gasteiger partial charge in [-0.2, -0.15) is 11.8 Å². The monoisotopic (exact) mass is 245 g/mol. The van der Waals surface area contributed by atoms with E-state index in [1.807, 2.05) is 18.7 Å². The quantitative estimate of drug-likeness (QED) is 0.706. The topological polar surface area (TPSA) is 58.4 Å². The van der Waals surface area contributed by atoms with Crippen LogP contribution < -0.4 is 11.1 Å². The van der Waals surface area contributed by atoms with Crippen LogP contribution in [0.3, 0.4) is 0 Å². The maximum absolute atomic E-state index is 11.4. The molecule has 0 saturated carbocycles. The second-order valence-electron chi connectivity index (χ2n) is 4.18. The van der Waals surface area contributed by atoms with Crippen molar-refractivity contribution in [3.05, 3.63) is 0 Å². The molecule has 0 aromatic heterocycles. The summed E-state index contributed by atoms with van der Waals surface area (Å²) in [5.41, 5.74) is 5.71. The first-order chi connectivity index (χ1) is 7.72. The van der Waals surface area contributed by atoms with Crippen LogP contribution in [-0.4, -0.2) is 54.5 Å². The molecule has 1 unspecified atom stereocenters. The molecule has 0 aromatic rings. The molecular weight excluding hydrogens is 222 g/mol. The lowest BCUT2D eigenvalue weighted by Crippen LogP contribution is -2.40. The molecular formula is C11H23N3OS. The molecule has 0 bridgehead atoms. The standard InChI is InChI=1S/C11H23N3OS/c1-2-10(12)9-11(15)13-3-4-14-5-7-16-8-6-14/h10H,2-9,12H2,1H3,(H,13,15). The van der Waals surface area contributed by atoms with E-state index >= 15 is 0 Å². The molecule has 5 heteroatoms. The third-order valence-corrected chi connectivity index (χ3v) is 3.77. The Kier molecular flexibility index (Phi) is 6.84. The zero-order chi connectivity index (χ0) is 11.8. The van der Waals surface area contributed by atoms with Crippen LogP contribution in [-0.2, 0) is 4.79 Å². The Hall–Kier alpha value is -0.260. The van der Waals surface area contributed by atoms with Crippen LogP contribution in [0.2, 0.25) is 0 Å². The number of nitrogens with zero attached hydrogens (tertiary/aromatic N) is 1. The molecule has 1 amide bonds. The van der Waals surface area contributed by atoms with E-state index in [0.29, 0.717) is 6.42 Å². The third-order valence-electron chi connectivity index (χ3n) is 2.83. The van der Waals surface area contributed by atoms with Crippen molar-refractivity contribution in [2.45, 2.75) is 25.8 Å². The molecule has 1 heterocycles. The maximum Gasteiger partial charge on any atom is 0.221 e. The van der Waals surface area contributed by atoms with Crippen molar-refractivity contribution in [1.29, 1.82) is 0 Å². The minimum atomic E-state index is 0.00591. The third kappa shape index (κ3) is 5.72. The van der Waals surface area contributed by atoms with Crippen molar-refractivity contribution in [1.82, 2.24) is 10.2 Å². The summed E-state index contributed by atoms with van der Waals surface area (Å²) in [7, 11) is 0. The Bertz CT molecular complexity index is 207. The summed E-state index contributed by atoms with van der Waals surface area (Å²) in [6, 6.07) is 0.00591. The van der Waals surface area contributed by atoms with E-state index in [2.05, 4.69) is 10.2 Å². The van der Waals surface area contributed by atoms with Gasteiger partial charge in [0.2, 0.25) is 5.91 Å². The van der Waals surface area contributed by atoms with Gasteiger partial charge in [0.25, 0.3) is 0 Å². The summed E-state index contributed by atoms with van der Waals surface area (Å²) in [6.07, 6.45) is 1.31. The van der Waals surface area contributed by atoms with Gasteiger partial charge in [-0.3, -0.25) is 9.69 Å². The molecule has 1 rings (SSSR count). The van der Waals surface area contributed by atoms with Gasteiger partial charge in [-0.15, -0.1) is 0 Å². The van der Waals surface area contributed by atoms with Gasteiger partial charge in [-0.1, -0.05) is 6.92 Å². The van der Waals surface area contributed by atoms with Crippen LogP contribution >= 0.6 is 11.8 Å². The predicted octanol–water partition coefficient (Wildman–Crippen LogP) is 0.279. The number of nitrogens with two attached hydrogens (primary N) is 1. The van der Waals surface area contributed by atoms with E-state index in [1.165, 1.54) is 11.5 Å². The van der Waals surface area contributed by atoms with Gasteiger partial charge >= 0.3 is 0 Å². The summed E-state index contributed by atoms with van der Waals surface area (Å²) in [5, 5.41) is 2.93. The van der Waals surface area contributed by atoms with Crippen molar-refractivity contribution >= 4 is 17.7 Å². The largest absolute Gasteiger partial charge is 0.355 e. The highest BCUT2D eigenvalue weighted by Crippen LogP contribution is 2.07. The molecule has 1 saturated heterocycles.